The van der Waals surface area contributed by atoms with Gasteiger partial charge in [-0.2, -0.15) is 13.2 Å². The average Bonchev–Trinajstić information content (AvgIpc) is 3.30. The predicted octanol–water partition coefficient (Wildman–Crippen LogP) is 8.19. The summed E-state index contributed by atoms with van der Waals surface area (Å²) in [6, 6.07) is 25.8. The molecular weight excluding hydrogens is 605 g/mol. The number of amides is 1. The van der Waals surface area contributed by atoms with Gasteiger partial charge >= 0.3 is 6.18 Å². The number of ether oxygens (including phenoxy) is 2. The highest BCUT2D eigenvalue weighted by Gasteiger charge is 2.30. The highest BCUT2D eigenvalue weighted by Crippen LogP contribution is 2.33. The Labute approximate surface area is 263 Å². The minimum absolute atomic E-state index is 0.00612. The Hall–Kier alpha value is -4.76. The molecule has 0 aliphatic carbocycles. The van der Waals surface area contributed by atoms with Gasteiger partial charge in [-0.3, -0.25) is 14.2 Å². The van der Waals surface area contributed by atoms with E-state index in [0.717, 1.165) is 23.1 Å². The number of nitrogens with one attached hydrogen (secondary N) is 1. The summed E-state index contributed by atoms with van der Waals surface area (Å²) in [6.45, 7) is 2.04. The van der Waals surface area contributed by atoms with Crippen molar-refractivity contribution in [2.45, 2.75) is 32.0 Å². The largest absolute Gasteiger partial charge is 0.497 e. The van der Waals surface area contributed by atoms with Crippen molar-refractivity contribution in [2.24, 2.45) is 0 Å². The fourth-order valence-corrected chi connectivity index (χ4v) is 5.34. The van der Waals surface area contributed by atoms with Crippen LogP contribution < -0.4 is 14.8 Å². The average molecular weight is 635 g/mol. The number of alkyl halides is 3. The first-order valence-electron chi connectivity index (χ1n) is 14.2. The minimum atomic E-state index is -4.44. The molecule has 0 fully saturated rings. The number of hydrogen-bond donors (Lipinski definition) is 1. The van der Waals surface area contributed by atoms with Crippen molar-refractivity contribution in [3.63, 3.8) is 0 Å². The van der Waals surface area contributed by atoms with Crippen LogP contribution in [-0.2, 0) is 17.4 Å². The maximum absolute atomic E-state index is 13.6. The summed E-state index contributed by atoms with van der Waals surface area (Å²) in [5, 5.41) is 4.17. The Kier molecular flexibility index (Phi) is 9.48. The number of nitrogens with zero attached hydrogens (tertiary/aromatic N) is 1. The number of hydrogen-bond acceptors (Lipinski definition) is 4. The first-order chi connectivity index (χ1) is 21.5. The van der Waals surface area contributed by atoms with Crippen molar-refractivity contribution in [1.82, 2.24) is 9.88 Å². The van der Waals surface area contributed by atoms with Crippen LogP contribution in [-0.4, -0.2) is 30.0 Å². The van der Waals surface area contributed by atoms with Crippen molar-refractivity contribution in [2.75, 3.05) is 13.7 Å². The van der Waals surface area contributed by atoms with Gasteiger partial charge in [0.15, 0.2) is 0 Å². The molecule has 1 aromatic heterocycles. The normalized spacial score (nSPS) is 12.1. The van der Waals surface area contributed by atoms with Crippen LogP contribution in [0.1, 0.15) is 45.3 Å². The maximum Gasteiger partial charge on any atom is 0.416 e. The molecular formula is C35H30ClF3N2O4. The third-order valence-corrected chi connectivity index (χ3v) is 7.79. The lowest BCUT2D eigenvalue weighted by atomic mass is 10.1. The monoisotopic (exact) mass is 634 g/mol. The van der Waals surface area contributed by atoms with E-state index >= 15 is 0 Å². The lowest BCUT2D eigenvalue weighted by molar-refractivity contribution is -0.137. The SMILES string of the molecule is COc1ccc2c(c1)c(CC(=O)NCC[C@@H](Oc1ccc(C(F)(F)F)cc1)c1ccccc1)c(C)n2C(=O)c1ccc(Cl)cc1. The van der Waals surface area contributed by atoms with E-state index in [1.807, 2.05) is 30.3 Å². The molecule has 6 nitrogen and oxygen atoms in total. The minimum Gasteiger partial charge on any atom is -0.497 e. The van der Waals surface area contributed by atoms with Crippen LogP contribution in [0.3, 0.4) is 0 Å². The molecule has 0 spiro atoms. The van der Waals surface area contributed by atoms with Crippen LogP contribution in [0.4, 0.5) is 13.2 Å². The Morgan fingerprint density at radius 2 is 1.58 bits per heavy atom. The molecule has 0 unspecified atom stereocenters. The van der Waals surface area contributed by atoms with E-state index in [9.17, 15) is 22.8 Å². The number of halogens is 4. The second-order valence-electron chi connectivity index (χ2n) is 10.4. The first kappa shape index (κ1) is 31.7. The van der Waals surface area contributed by atoms with Crippen molar-refractivity contribution < 1.29 is 32.2 Å². The molecule has 5 rings (SSSR count). The standard InChI is InChI=1S/C35H30ClF3N2O4/c1-22-29(30-20-28(44-2)16-17-31(30)41(22)34(43)24-8-12-26(36)13-9-24)21-33(42)40-19-18-32(23-6-4-3-5-7-23)45-27-14-10-25(11-15-27)35(37,38)39/h3-17,20,32H,18-19,21H2,1-2H3,(H,40,42)/t32-/m1/s1. The van der Waals surface area contributed by atoms with Crippen LogP contribution in [0.5, 0.6) is 11.5 Å². The lowest BCUT2D eigenvalue weighted by Gasteiger charge is -2.20. The molecule has 1 N–H and O–H groups in total. The van der Waals surface area contributed by atoms with Gasteiger partial charge in [0.2, 0.25) is 5.91 Å². The topological polar surface area (TPSA) is 69.6 Å². The zero-order chi connectivity index (χ0) is 32.1. The number of aromatic nitrogens is 1. The first-order valence-corrected chi connectivity index (χ1v) is 14.6. The van der Waals surface area contributed by atoms with Crippen molar-refractivity contribution in [1.29, 1.82) is 0 Å². The molecule has 0 saturated carbocycles. The van der Waals surface area contributed by atoms with E-state index in [0.29, 0.717) is 39.5 Å². The third kappa shape index (κ3) is 7.32. The summed E-state index contributed by atoms with van der Waals surface area (Å²) in [5.41, 5.74) is 2.46. The molecule has 4 aromatic carbocycles. The molecule has 0 aliphatic heterocycles. The van der Waals surface area contributed by atoms with E-state index < -0.39 is 17.8 Å². The van der Waals surface area contributed by atoms with Gasteiger partial charge in [0.05, 0.1) is 24.6 Å². The van der Waals surface area contributed by atoms with Gasteiger partial charge in [0, 0.05) is 34.6 Å². The van der Waals surface area contributed by atoms with Gasteiger partial charge in [-0.15, -0.1) is 0 Å². The quantitative estimate of drug-likeness (QED) is 0.168. The van der Waals surface area contributed by atoms with Gasteiger partial charge in [0.1, 0.15) is 17.6 Å². The highest BCUT2D eigenvalue weighted by atomic mass is 35.5. The van der Waals surface area contributed by atoms with Crippen molar-refractivity contribution >= 4 is 34.3 Å². The summed E-state index contributed by atoms with van der Waals surface area (Å²) in [5.74, 6) is 0.356. The van der Waals surface area contributed by atoms with Crippen LogP contribution in [0, 0.1) is 6.92 Å². The van der Waals surface area contributed by atoms with Gasteiger partial charge in [-0.25, -0.2) is 0 Å². The summed E-state index contributed by atoms with van der Waals surface area (Å²) < 4.78 is 52.1. The van der Waals surface area contributed by atoms with Crippen LogP contribution in [0.25, 0.3) is 10.9 Å². The Balaban J connectivity index is 1.33. The van der Waals surface area contributed by atoms with Crippen LogP contribution in [0.2, 0.25) is 5.02 Å². The predicted molar refractivity (Wildman–Crippen MR) is 167 cm³/mol. The highest BCUT2D eigenvalue weighted by molar-refractivity contribution is 6.30. The summed E-state index contributed by atoms with van der Waals surface area (Å²) in [4.78, 5) is 26.8. The Morgan fingerprint density at radius 3 is 2.22 bits per heavy atom. The molecule has 0 bridgehead atoms. The van der Waals surface area contributed by atoms with Gasteiger partial charge in [0.25, 0.3) is 5.91 Å². The molecule has 0 radical (unpaired) electrons. The smallest absolute Gasteiger partial charge is 0.416 e. The molecule has 0 aliphatic rings. The number of carbonyl (C=O) groups excluding carboxylic acids is 2. The van der Waals surface area contributed by atoms with Crippen molar-refractivity contribution in [3.8, 4) is 11.5 Å². The summed E-state index contributed by atoms with van der Waals surface area (Å²) in [6.07, 6.45) is -4.60. The third-order valence-electron chi connectivity index (χ3n) is 7.53. The maximum atomic E-state index is 13.6. The van der Waals surface area contributed by atoms with E-state index in [-0.39, 0.29) is 30.5 Å². The van der Waals surface area contributed by atoms with Crippen LogP contribution in [0.15, 0.2) is 97.1 Å². The summed E-state index contributed by atoms with van der Waals surface area (Å²) in [7, 11) is 1.55. The second kappa shape index (κ2) is 13.5. The number of methoxy groups -OCH3 is 1. The summed E-state index contributed by atoms with van der Waals surface area (Å²) >= 11 is 6.02. The van der Waals surface area contributed by atoms with Crippen molar-refractivity contribution in [3.05, 3.63) is 130 Å². The molecule has 45 heavy (non-hydrogen) atoms. The fourth-order valence-electron chi connectivity index (χ4n) is 5.21. The zero-order valence-corrected chi connectivity index (χ0v) is 25.3. The van der Waals surface area contributed by atoms with Gasteiger partial charge in [-0.05, 0) is 84.8 Å². The molecule has 1 atom stereocenters. The number of rotatable bonds is 10. The zero-order valence-electron chi connectivity index (χ0n) is 24.5. The molecule has 1 amide bonds. The van der Waals surface area contributed by atoms with E-state index in [1.165, 1.54) is 12.1 Å². The fraction of sp³-hybridized carbons (Fsp3) is 0.200. The number of carbonyl (C=O) groups is 2. The van der Waals surface area contributed by atoms with E-state index in [4.69, 9.17) is 21.1 Å². The van der Waals surface area contributed by atoms with Crippen LogP contribution >= 0.6 is 11.6 Å². The van der Waals surface area contributed by atoms with E-state index in [1.54, 1.807) is 61.1 Å². The van der Waals surface area contributed by atoms with Gasteiger partial charge in [-0.1, -0.05) is 41.9 Å². The number of benzene rings is 4. The molecule has 0 saturated heterocycles. The molecule has 5 aromatic rings. The molecule has 232 valence electrons. The Morgan fingerprint density at radius 1 is 0.911 bits per heavy atom. The van der Waals surface area contributed by atoms with Gasteiger partial charge < -0.3 is 14.8 Å². The second-order valence-corrected chi connectivity index (χ2v) is 10.9. The number of fused-ring (bicyclic) bond motifs is 1. The molecule has 1 heterocycles. The Bertz CT molecular complexity index is 1800. The lowest BCUT2D eigenvalue weighted by Crippen LogP contribution is -2.28. The molecule has 10 heteroatoms. The van der Waals surface area contributed by atoms with E-state index in [2.05, 4.69) is 5.32 Å².